The van der Waals surface area contributed by atoms with Gasteiger partial charge in [0.2, 0.25) is 0 Å². The molecule has 1 N–H and O–H groups in total. The summed E-state index contributed by atoms with van der Waals surface area (Å²) in [7, 11) is 0. The van der Waals surface area contributed by atoms with Gasteiger partial charge in [0.15, 0.2) is 11.7 Å². The molecule has 0 bridgehead atoms. The quantitative estimate of drug-likeness (QED) is 0.710. The fourth-order valence-corrected chi connectivity index (χ4v) is 4.08. The summed E-state index contributed by atoms with van der Waals surface area (Å²) < 4.78 is 12.1. The highest BCUT2D eigenvalue weighted by Crippen LogP contribution is 2.30. The number of fused-ring (bicyclic) bond motifs is 1. The zero-order chi connectivity index (χ0) is 19.5. The maximum absolute atomic E-state index is 12.3. The summed E-state index contributed by atoms with van der Waals surface area (Å²) in [5, 5.41) is 3.43. The summed E-state index contributed by atoms with van der Waals surface area (Å²) in [6, 6.07) is 12.0. The van der Waals surface area contributed by atoms with Gasteiger partial charge < -0.3 is 14.4 Å². The Morgan fingerprint density at radius 1 is 1.25 bits per heavy atom. The molecule has 1 fully saturated rings. The van der Waals surface area contributed by atoms with E-state index < -0.39 is 0 Å². The highest BCUT2D eigenvalue weighted by atomic mass is 32.1. The lowest BCUT2D eigenvalue weighted by atomic mass is 10.1. The SMILES string of the molecule is Cc1cccc(OCC(=O)Nc2nc3ccc(N4CCOCC4)cc3s2)c1C. The molecular weight excluding hydrogens is 374 g/mol. The summed E-state index contributed by atoms with van der Waals surface area (Å²) in [6.45, 7) is 7.26. The smallest absolute Gasteiger partial charge is 0.264 e. The Labute approximate surface area is 168 Å². The number of morpholine rings is 1. The Morgan fingerprint density at radius 2 is 2.07 bits per heavy atom. The van der Waals surface area contributed by atoms with Crippen molar-refractivity contribution >= 4 is 38.3 Å². The third-order valence-electron chi connectivity index (χ3n) is 4.91. The standard InChI is InChI=1S/C21H23N3O3S/c1-14-4-3-5-18(15(14)2)27-13-20(25)23-21-22-17-7-6-16(12-19(17)28-21)24-8-10-26-11-9-24/h3-7,12H,8-11,13H2,1-2H3,(H,22,23,25). The summed E-state index contributed by atoms with van der Waals surface area (Å²) >= 11 is 1.47. The van der Waals surface area contributed by atoms with Gasteiger partial charge in [-0.25, -0.2) is 4.98 Å². The number of carbonyl (C=O) groups excluding carboxylic acids is 1. The van der Waals surface area contributed by atoms with Crippen molar-refractivity contribution < 1.29 is 14.3 Å². The van der Waals surface area contributed by atoms with E-state index in [0.29, 0.717) is 5.13 Å². The molecule has 4 rings (SSSR count). The number of carbonyl (C=O) groups is 1. The number of aryl methyl sites for hydroxylation is 1. The van der Waals surface area contributed by atoms with Gasteiger partial charge in [-0.1, -0.05) is 23.5 Å². The van der Waals surface area contributed by atoms with E-state index in [1.54, 1.807) is 0 Å². The summed E-state index contributed by atoms with van der Waals surface area (Å²) in [5.41, 5.74) is 4.23. The molecule has 0 saturated carbocycles. The lowest BCUT2D eigenvalue weighted by molar-refractivity contribution is -0.118. The highest BCUT2D eigenvalue weighted by molar-refractivity contribution is 7.22. The third-order valence-corrected chi connectivity index (χ3v) is 5.84. The minimum atomic E-state index is -0.214. The molecule has 0 unspecified atom stereocenters. The van der Waals surface area contributed by atoms with Gasteiger partial charge in [0.1, 0.15) is 5.75 Å². The zero-order valence-electron chi connectivity index (χ0n) is 16.0. The topological polar surface area (TPSA) is 63.7 Å². The maximum Gasteiger partial charge on any atom is 0.264 e. The average molecular weight is 398 g/mol. The molecule has 6 nitrogen and oxygen atoms in total. The van der Waals surface area contributed by atoms with E-state index in [1.165, 1.54) is 11.3 Å². The van der Waals surface area contributed by atoms with Gasteiger partial charge in [-0.05, 0) is 49.2 Å². The fraction of sp³-hybridized carbons (Fsp3) is 0.333. The molecule has 1 aliphatic rings. The van der Waals surface area contributed by atoms with E-state index >= 15 is 0 Å². The molecule has 28 heavy (non-hydrogen) atoms. The van der Waals surface area contributed by atoms with Crippen LogP contribution in [-0.2, 0) is 9.53 Å². The van der Waals surface area contributed by atoms with Crippen LogP contribution in [0.4, 0.5) is 10.8 Å². The molecule has 1 aromatic heterocycles. The van der Waals surface area contributed by atoms with E-state index in [2.05, 4.69) is 27.3 Å². The van der Waals surface area contributed by atoms with Crippen molar-refractivity contribution in [2.24, 2.45) is 0 Å². The minimum Gasteiger partial charge on any atom is -0.483 e. The van der Waals surface area contributed by atoms with Gasteiger partial charge in [-0.3, -0.25) is 10.1 Å². The zero-order valence-corrected chi connectivity index (χ0v) is 16.8. The first-order valence-electron chi connectivity index (χ1n) is 9.32. The molecule has 2 heterocycles. The number of rotatable bonds is 5. The van der Waals surface area contributed by atoms with Gasteiger partial charge in [-0.15, -0.1) is 0 Å². The van der Waals surface area contributed by atoms with Gasteiger partial charge >= 0.3 is 0 Å². The second-order valence-corrected chi connectivity index (χ2v) is 7.84. The lowest BCUT2D eigenvalue weighted by Gasteiger charge is -2.28. The molecule has 3 aromatic rings. The van der Waals surface area contributed by atoms with Crippen molar-refractivity contribution in [2.45, 2.75) is 13.8 Å². The van der Waals surface area contributed by atoms with Crippen LogP contribution in [0, 0.1) is 13.8 Å². The second kappa shape index (κ2) is 8.16. The normalized spacial score (nSPS) is 14.3. The largest absolute Gasteiger partial charge is 0.483 e. The molecule has 1 saturated heterocycles. The molecule has 7 heteroatoms. The number of aromatic nitrogens is 1. The minimum absolute atomic E-state index is 0.0424. The molecule has 146 valence electrons. The van der Waals surface area contributed by atoms with E-state index in [0.717, 1.165) is 59.1 Å². The first kappa shape index (κ1) is 18.7. The number of ether oxygens (including phenoxy) is 2. The number of hydrogen-bond donors (Lipinski definition) is 1. The van der Waals surface area contributed by atoms with Crippen LogP contribution >= 0.6 is 11.3 Å². The summed E-state index contributed by atoms with van der Waals surface area (Å²) in [5.74, 6) is 0.517. The van der Waals surface area contributed by atoms with E-state index in [1.807, 2.05) is 38.1 Å². The second-order valence-electron chi connectivity index (χ2n) is 6.81. The Balaban J connectivity index is 1.41. The van der Waals surface area contributed by atoms with Crippen LogP contribution in [0.1, 0.15) is 11.1 Å². The molecule has 0 atom stereocenters. The van der Waals surface area contributed by atoms with Crippen LogP contribution in [0.15, 0.2) is 36.4 Å². The van der Waals surface area contributed by atoms with Crippen molar-refractivity contribution in [2.75, 3.05) is 43.1 Å². The summed E-state index contributed by atoms with van der Waals surface area (Å²) in [4.78, 5) is 19.1. The maximum atomic E-state index is 12.3. The first-order chi connectivity index (χ1) is 13.6. The number of hydrogen-bond acceptors (Lipinski definition) is 6. The van der Waals surface area contributed by atoms with Crippen molar-refractivity contribution in [1.82, 2.24) is 4.98 Å². The predicted octanol–water partition coefficient (Wildman–Crippen LogP) is 3.77. The van der Waals surface area contributed by atoms with E-state index in [-0.39, 0.29) is 12.5 Å². The van der Waals surface area contributed by atoms with Crippen molar-refractivity contribution in [3.8, 4) is 5.75 Å². The van der Waals surface area contributed by atoms with Crippen molar-refractivity contribution in [3.05, 3.63) is 47.5 Å². The van der Waals surface area contributed by atoms with Crippen molar-refractivity contribution in [3.63, 3.8) is 0 Å². The highest BCUT2D eigenvalue weighted by Gasteiger charge is 2.14. The third kappa shape index (κ3) is 4.10. The van der Waals surface area contributed by atoms with Crippen LogP contribution in [0.3, 0.4) is 0 Å². The predicted molar refractivity (Wildman–Crippen MR) is 113 cm³/mol. The number of anilines is 2. The number of amides is 1. The van der Waals surface area contributed by atoms with Crippen LogP contribution < -0.4 is 15.0 Å². The van der Waals surface area contributed by atoms with Crippen LogP contribution in [0.5, 0.6) is 5.75 Å². The van der Waals surface area contributed by atoms with Gasteiger partial charge in [-0.2, -0.15) is 0 Å². The van der Waals surface area contributed by atoms with Crippen LogP contribution in [-0.4, -0.2) is 43.8 Å². The monoisotopic (exact) mass is 397 g/mol. The van der Waals surface area contributed by atoms with Gasteiger partial charge in [0, 0.05) is 18.8 Å². The first-order valence-corrected chi connectivity index (χ1v) is 10.1. The van der Waals surface area contributed by atoms with Gasteiger partial charge in [0.05, 0.1) is 23.4 Å². The molecule has 2 aromatic carbocycles. The number of nitrogens with zero attached hydrogens (tertiary/aromatic N) is 2. The molecule has 0 radical (unpaired) electrons. The van der Waals surface area contributed by atoms with Gasteiger partial charge in [0.25, 0.3) is 5.91 Å². The molecular formula is C21H23N3O3S. The number of thiazole rings is 1. The van der Waals surface area contributed by atoms with Crippen LogP contribution in [0.2, 0.25) is 0 Å². The van der Waals surface area contributed by atoms with Crippen LogP contribution in [0.25, 0.3) is 10.2 Å². The van der Waals surface area contributed by atoms with Crippen molar-refractivity contribution in [1.29, 1.82) is 0 Å². The van der Waals surface area contributed by atoms with E-state index in [4.69, 9.17) is 9.47 Å². The number of nitrogens with one attached hydrogen (secondary N) is 1. The Kier molecular flexibility index (Phi) is 5.45. The Hall–Kier alpha value is -2.64. The Bertz CT molecular complexity index is 996. The van der Waals surface area contributed by atoms with E-state index in [9.17, 15) is 4.79 Å². The molecule has 1 aliphatic heterocycles. The fourth-order valence-electron chi connectivity index (χ4n) is 3.16. The molecule has 1 amide bonds. The molecule has 0 spiro atoms. The molecule has 0 aliphatic carbocycles. The Morgan fingerprint density at radius 3 is 2.89 bits per heavy atom. The average Bonchev–Trinajstić information content (AvgIpc) is 3.11. The number of benzene rings is 2. The summed E-state index contributed by atoms with van der Waals surface area (Å²) in [6.07, 6.45) is 0. The lowest BCUT2D eigenvalue weighted by Crippen LogP contribution is -2.36.